The van der Waals surface area contributed by atoms with Crippen LogP contribution in [0.4, 0.5) is 10.7 Å². The van der Waals surface area contributed by atoms with E-state index in [0.717, 1.165) is 73.1 Å². The Kier molecular flexibility index (Phi) is 16.7. The normalized spacial score (nSPS) is 21.4. The molecule has 1 amide bonds. The van der Waals surface area contributed by atoms with Gasteiger partial charge in [0, 0.05) is 88.9 Å². The molecule has 16 nitrogen and oxygen atoms in total. The molecular formula is C51H61Cl3N14O2. The van der Waals surface area contributed by atoms with Gasteiger partial charge in [-0.05, 0) is 93.4 Å². The van der Waals surface area contributed by atoms with E-state index >= 15 is 0 Å². The highest BCUT2D eigenvalue weighted by Crippen LogP contribution is 2.31. The van der Waals surface area contributed by atoms with E-state index in [4.69, 9.17) is 50.3 Å². The average molecular weight is 1010 g/mol. The van der Waals surface area contributed by atoms with Crippen molar-refractivity contribution in [1.82, 2.24) is 58.3 Å². The number of benzene rings is 1. The number of fused-ring (bicyclic) bond motifs is 2. The van der Waals surface area contributed by atoms with Crippen LogP contribution in [0.5, 0.6) is 0 Å². The minimum absolute atomic E-state index is 0.162. The third kappa shape index (κ3) is 12.5. The Morgan fingerprint density at radius 3 is 1.87 bits per heavy atom. The van der Waals surface area contributed by atoms with Crippen LogP contribution in [0.25, 0.3) is 34.1 Å². The lowest BCUT2D eigenvalue weighted by Gasteiger charge is -2.42. The van der Waals surface area contributed by atoms with Crippen LogP contribution in [-0.2, 0) is 11.3 Å². The Morgan fingerprint density at radius 2 is 1.23 bits per heavy atom. The maximum Gasteiger partial charge on any atom is 0.410 e. The van der Waals surface area contributed by atoms with E-state index in [1.165, 1.54) is 58.1 Å². The minimum atomic E-state index is -0.233. The van der Waals surface area contributed by atoms with Crippen LogP contribution in [0.15, 0.2) is 104 Å². The topological polar surface area (TPSA) is 163 Å². The predicted octanol–water partition coefficient (Wildman–Crippen LogP) is 8.72. The Morgan fingerprint density at radius 1 is 0.657 bits per heavy atom. The van der Waals surface area contributed by atoms with Gasteiger partial charge in [0.05, 0.1) is 46.2 Å². The Balaban J connectivity index is 0.000000160. The molecule has 70 heavy (non-hydrogen) atoms. The van der Waals surface area contributed by atoms with Gasteiger partial charge in [-0.3, -0.25) is 18.6 Å². The van der Waals surface area contributed by atoms with Gasteiger partial charge in [0.2, 0.25) is 11.2 Å². The highest BCUT2D eigenvalue weighted by molar-refractivity contribution is 6.33. The fourth-order valence-electron chi connectivity index (χ4n) is 9.97. The number of halogens is 3. The fraction of sp³-hybridized carbons (Fsp3) is 0.431. The lowest BCUT2D eigenvalue weighted by Crippen LogP contribution is -2.53. The third-order valence-corrected chi connectivity index (χ3v) is 14.5. The van der Waals surface area contributed by atoms with Crippen molar-refractivity contribution >= 4 is 58.1 Å². The molecular weight excluding hydrogens is 947 g/mol. The largest absolute Gasteiger partial charge is 0.445 e. The smallest absolute Gasteiger partial charge is 0.410 e. The minimum Gasteiger partial charge on any atom is -0.445 e. The van der Waals surface area contributed by atoms with Gasteiger partial charge in [0.15, 0.2) is 0 Å². The van der Waals surface area contributed by atoms with Gasteiger partial charge >= 0.3 is 6.09 Å². The van der Waals surface area contributed by atoms with Crippen molar-refractivity contribution in [3.05, 3.63) is 125 Å². The molecule has 19 heteroatoms. The molecule has 2 aliphatic heterocycles. The van der Waals surface area contributed by atoms with Gasteiger partial charge in [-0.15, -0.1) is 0 Å². The van der Waals surface area contributed by atoms with Crippen LogP contribution in [0.2, 0.25) is 15.3 Å². The maximum absolute atomic E-state index is 12.6. The molecule has 8 heterocycles. The molecule has 7 aromatic rings. The van der Waals surface area contributed by atoms with Crippen molar-refractivity contribution in [2.45, 2.75) is 82.1 Å². The number of nitrogens with zero attached hydrogens (tertiary/aromatic N) is 12. The molecule has 6 aromatic heterocycles. The maximum atomic E-state index is 12.6. The molecule has 11 rings (SSSR count). The fourth-order valence-corrected chi connectivity index (χ4v) is 10.5. The molecule has 368 valence electrons. The molecule has 2 saturated carbocycles. The summed E-state index contributed by atoms with van der Waals surface area (Å²) in [5.41, 5.74) is 11.6. The van der Waals surface area contributed by atoms with Gasteiger partial charge < -0.3 is 25.6 Å². The van der Waals surface area contributed by atoms with Crippen molar-refractivity contribution in [3.63, 3.8) is 0 Å². The van der Waals surface area contributed by atoms with Crippen LogP contribution in [-0.4, -0.2) is 148 Å². The van der Waals surface area contributed by atoms with E-state index in [-0.39, 0.29) is 17.4 Å². The molecule has 0 unspecified atom stereocenters. The molecule has 3 N–H and O–H groups in total. The van der Waals surface area contributed by atoms with E-state index in [2.05, 4.69) is 52.0 Å². The first kappa shape index (κ1) is 49.5. The first-order valence-electron chi connectivity index (χ1n) is 24.3. The molecule has 0 bridgehead atoms. The summed E-state index contributed by atoms with van der Waals surface area (Å²) in [5, 5.41) is 4.67. The lowest BCUT2D eigenvalue weighted by atomic mass is 9.89. The summed E-state index contributed by atoms with van der Waals surface area (Å²) < 4.78 is 9.40. The monoisotopic (exact) mass is 1010 g/mol. The molecule has 1 aromatic carbocycles. The van der Waals surface area contributed by atoms with E-state index in [1.54, 1.807) is 18.6 Å². The number of imidazole rings is 2. The third-order valence-electron chi connectivity index (χ3n) is 13.8. The highest BCUT2D eigenvalue weighted by atomic mass is 35.5. The van der Waals surface area contributed by atoms with E-state index < -0.39 is 0 Å². The molecule has 4 fully saturated rings. The van der Waals surface area contributed by atoms with Crippen LogP contribution < -0.4 is 11.1 Å². The standard InChI is InChI=1S/C29H32ClN7O2.C11H6Cl2N4.C11H23N3/c30-24-18-32-28(34-27(24)25-19-31-26-11-4-5-12-37(25)26)33-22-9-6-10-23(17-22)35-13-15-36(16-14-35)29(38)39-20-21-7-2-1-3-8-21;12-7-5-15-11(13)16-10(7)8-6-14-9-3-1-2-4-17(8)9;1-13-5-7-14(8-6-13)11-4-2-3-10(12)9-11/h1-5,7-8,11-12,18-19,22-23H,6,9-10,13-17,20H2,(H,32,33,34);1-6H;10-11H,2-9,12H2,1H3/t22-,23+;;10-,11+/m1.1/s1. The average Bonchev–Trinajstić information content (AvgIpc) is 4.03. The van der Waals surface area contributed by atoms with Gasteiger partial charge in [0.1, 0.15) is 29.3 Å². The number of hydrogen-bond donors (Lipinski definition) is 2. The van der Waals surface area contributed by atoms with Crippen molar-refractivity contribution in [2.75, 3.05) is 64.7 Å². The zero-order chi connectivity index (χ0) is 48.4. The number of aromatic nitrogens is 8. The molecule has 0 radical (unpaired) electrons. The molecule has 4 atom stereocenters. The van der Waals surface area contributed by atoms with E-state index in [1.807, 2.05) is 92.8 Å². The van der Waals surface area contributed by atoms with Crippen molar-refractivity contribution < 1.29 is 9.53 Å². The van der Waals surface area contributed by atoms with Crippen LogP contribution >= 0.6 is 34.8 Å². The number of ether oxygens (including phenoxy) is 1. The number of anilines is 1. The number of rotatable bonds is 8. The quantitative estimate of drug-likeness (QED) is 0.139. The Hall–Kier alpha value is -5.46. The first-order chi connectivity index (χ1) is 34.1. The number of carbonyl (C=O) groups is 1. The highest BCUT2D eigenvalue weighted by Gasteiger charge is 2.32. The molecule has 2 saturated heterocycles. The summed E-state index contributed by atoms with van der Waals surface area (Å²) in [7, 11) is 2.21. The van der Waals surface area contributed by atoms with Crippen LogP contribution in [0.1, 0.15) is 56.9 Å². The second kappa shape index (κ2) is 23.6. The van der Waals surface area contributed by atoms with Gasteiger partial charge in [0.25, 0.3) is 0 Å². The number of carbonyl (C=O) groups excluding carboxylic acids is 1. The number of likely N-dealkylation sites (N-methyl/N-ethyl adjacent to an activating group) is 1. The Labute approximate surface area is 424 Å². The number of piperazine rings is 2. The Bertz CT molecular complexity index is 2800. The van der Waals surface area contributed by atoms with E-state index in [9.17, 15) is 4.79 Å². The van der Waals surface area contributed by atoms with Gasteiger partial charge in [-0.1, -0.05) is 72.1 Å². The summed E-state index contributed by atoms with van der Waals surface area (Å²) in [4.78, 5) is 47.9. The second-order valence-electron chi connectivity index (χ2n) is 18.5. The van der Waals surface area contributed by atoms with Crippen molar-refractivity contribution in [3.8, 4) is 22.8 Å². The van der Waals surface area contributed by atoms with Crippen LogP contribution in [0, 0.1) is 0 Å². The zero-order valence-electron chi connectivity index (χ0n) is 39.5. The molecule has 0 spiro atoms. The van der Waals surface area contributed by atoms with Crippen LogP contribution in [0.3, 0.4) is 0 Å². The number of pyridine rings is 2. The lowest BCUT2D eigenvalue weighted by molar-refractivity contribution is 0.0518. The molecule has 4 aliphatic rings. The predicted molar refractivity (Wildman–Crippen MR) is 276 cm³/mol. The van der Waals surface area contributed by atoms with Crippen molar-refractivity contribution in [1.29, 1.82) is 0 Å². The summed E-state index contributed by atoms with van der Waals surface area (Å²) in [6, 6.07) is 23.4. The summed E-state index contributed by atoms with van der Waals surface area (Å²) >= 11 is 18.3. The number of amides is 1. The van der Waals surface area contributed by atoms with Crippen molar-refractivity contribution in [2.24, 2.45) is 5.73 Å². The first-order valence-corrected chi connectivity index (χ1v) is 25.5. The number of nitrogens with one attached hydrogen (secondary N) is 1. The molecule has 2 aliphatic carbocycles. The second-order valence-corrected chi connectivity index (χ2v) is 19.7. The SMILES string of the molecule is CN1CCN([C@H]2CCC[C@@H](N)C2)CC1.Clc1ncc(Cl)c(-c2cnc3ccccn23)n1.O=C(OCc1ccccc1)N1CCN([C@H]2CCC[C@@H](Nc3ncc(Cl)c(-c4cnc5ccccn45)n3)C2)CC1. The van der Waals surface area contributed by atoms with Gasteiger partial charge in [-0.2, -0.15) is 0 Å². The summed E-state index contributed by atoms with van der Waals surface area (Å²) in [6.07, 6.45) is 19.8. The summed E-state index contributed by atoms with van der Waals surface area (Å²) in [6.45, 7) is 8.33. The zero-order valence-corrected chi connectivity index (χ0v) is 41.8. The van der Waals surface area contributed by atoms with E-state index in [0.29, 0.717) is 59.2 Å². The van der Waals surface area contributed by atoms with Gasteiger partial charge in [-0.25, -0.2) is 34.7 Å². The number of nitrogens with two attached hydrogens (primary N) is 1. The number of hydrogen-bond acceptors (Lipinski definition) is 13. The summed E-state index contributed by atoms with van der Waals surface area (Å²) in [5.74, 6) is 0.580.